The fourth-order valence-corrected chi connectivity index (χ4v) is 9.71. The van der Waals surface area contributed by atoms with Gasteiger partial charge in [0.15, 0.2) is 5.82 Å². The lowest BCUT2D eigenvalue weighted by molar-refractivity contribution is 0.904. The van der Waals surface area contributed by atoms with Gasteiger partial charge in [0, 0.05) is 50.4 Å². The van der Waals surface area contributed by atoms with Crippen LogP contribution in [0, 0.1) is 12.8 Å². The molecule has 0 unspecified atom stereocenters. The van der Waals surface area contributed by atoms with Crippen LogP contribution in [-0.2, 0) is 0 Å². The number of hydrogen-bond acceptors (Lipinski definition) is 5. The van der Waals surface area contributed by atoms with Gasteiger partial charge in [-0.05, 0) is 128 Å². The first-order chi connectivity index (χ1) is 32.0. The maximum atomic E-state index is 5.07. The minimum absolute atomic E-state index is 0.676. The summed E-state index contributed by atoms with van der Waals surface area (Å²) in [5, 5.41) is 0.984. The highest BCUT2D eigenvalue weighted by Crippen LogP contribution is 2.52. The Labute approximate surface area is 389 Å². The number of fused-ring (bicyclic) bond motifs is 5. The number of anilines is 4. The summed E-state index contributed by atoms with van der Waals surface area (Å²) < 4.78 is 0. The molecular formula is C60H52N4S. The summed E-state index contributed by atoms with van der Waals surface area (Å²) in [4.78, 5) is 17.3. The summed E-state index contributed by atoms with van der Waals surface area (Å²) in [6.07, 6.45) is 37.5. The van der Waals surface area contributed by atoms with Crippen molar-refractivity contribution in [3.8, 4) is 24.2 Å². The van der Waals surface area contributed by atoms with Crippen molar-refractivity contribution in [1.82, 2.24) is 9.97 Å². The molecule has 4 nitrogen and oxygen atoms in total. The topological polar surface area (TPSA) is 32.3 Å². The molecule has 0 fully saturated rings. The van der Waals surface area contributed by atoms with Gasteiger partial charge in [0.2, 0.25) is 0 Å². The van der Waals surface area contributed by atoms with Gasteiger partial charge >= 0.3 is 0 Å². The maximum Gasteiger partial charge on any atom is 0.160 e. The lowest BCUT2D eigenvalue weighted by Gasteiger charge is -2.33. The minimum Gasteiger partial charge on any atom is -0.344 e. The highest BCUT2D eigenvalue weighted by molar-refractivity contribution is 7.99. The number of hydrogen-bond donors (Lipinski definition) is 0. The van der Waals surface area contributed by atoms with Crippen molar-refractivity contribution in [2.24, 2.45) is 0 Å². The van der Waals surface area contributed by atoms with Crippen molar-refractivity contribution < 1.29 is 0 Å². The summed E-state index contributed by atoms with van der Waals surface area (Å²) in [6, 6.07) is 43.1. The van der Waals surface area contributed by atoms with E-state index in [2.05, 4.69) is 208 Å². The third-order valence-corrected chi connectivity index (χ3v) is 12.9. The van der Waals surface area contributed by atoms with Gasteiger partial charge in [0.25, 0.3) is 0 Å². The standard InChI is InChI=1S/C58H50N4S.C2H2/c1-5-19-42(7-3)57-50-26-14-15-28-51(50)59-58(60-57)44-32-35-47(36-33-44)61(4)52-37-31-41-21-10-8-11-22-46(39-41)49(52)27-18-23-43(20-6-2)45-34-38-56-54(40-45)62(48-24-12-9-13-25-48)53-29-16-17-30-55(53)63-56;1-2/h5-17,19-21,23-26,28-38,40H,1,3,18,22,27,39H2,2,4H3;1-2H/b11-8-,20-6-,21-10-,42-19+,43-23?;. The van der Waals surface area contributed by atoms with Crippen LogP contribution in [0.4, 0.5) is 22.7 Å². The number of likely N-dealkylation sites (N-methyl/N-ethyl adjacent to an activating group) is 1. The molecule has 0 spiro atoms. The molecule has 0 saturated heterocycles. The summed E-state index contributed by atoms with van der Waals surface area (Å²) in [7, 11) is 2.19. The molecule has 0 amide bonds. The van der Waals surface area contributed by atoms with Crippen LogP contribution in [0.1, 0.15) is 43.9 Å². The number of terminal acetylenes is 1. The van der Waals surface area contributed by atoms with Crippen LogP contribution in [0.25, 0.3) is 33.4 Å². The summed E-state index contributed by atoms with van der Waals surface area (Å²) in [6.45, 7) is 10.1. The Morgan fingerprint density at radius 3 is 2.38 bits per heavy atom. The highest BCUT2D eigenvalue weighted by Gasteiger charge is 2.25. The third kappa shape index (κ3) is 9.50. The van der Waals surface area contributed by atoms with E-state index in [0.717, 1.165) is 64.8 Å². The van der Waals surface area contributed by atoms with Crippen LogP contribution in [0.2, 0.25) is 0 Å². The molecule has 0 saturated carbocycles. The van der Waals surface area contributed by atoms with Gasteiger partial charge in [-0.2, -0.15) is 0 Å². The monoisotopic (exact) mass is 860 g/mol. The predicted octanol–water partition coefficient (Wildman–Crippen LogP) is 16.1. The predicted molar refractivity (Wildman–Crippen MR) is 280 cm³/mol. The molecule has 2 bridgehead atoms. The van der Waals surface area contributed by atoms with Gasteiger partial charge in [-0.25, -0.2) is 9.97 Å². The van der Waals surface area contributed by atoms with E-state index in [4.69, 9.17) is 9.97 Å². The number of rotatable bonds is 12. The lowest BCUT2D eigenvalue weighted by atomic mass is 9.92. The molecule has 5 heteroatoms. The van der Waals surface area contributed by atoms with E-state index in [-0.39, 0.29) is 0 Å². The fourth-order valence-electron chi connectivity index (χ4n) is 8.67. The van der Waals surface area contributed by atoms with Crippen molar-refractivity contribution in [3.63, 3.8) is 0 Å². The first kappa shape index (κ1) is 44.0. The smallest absolute Gasteiger partial charge is 0.160 e. The van der Waals surface area contributed by atoms with Crippen molar-refractivity contribution in [1.29, 1.82) is 0 Å². The molecule has 65 heavy (non-hydrogen) atoms. The van der Waals surface area contributed by atoms with Gasteiger partial charge in [0.1, 0.15) is 0 Å². The molecule has 0 atom stereocenters. The lowest BCUT2D eigenvalue weighted by Crippen LogP contribution is -2.19. The normalized spacial score (nSPS) is 15.5. The van der Waals surface area contributed by atoms with Crippen LogP contribution in [-0.4, -0.2) is 17.0 Å². The van der Waals surface area contributed by atoms with E-state index in [1.807, 2.05) is 42.1 Å². The molecule has 0 N–H and O–H groups in total. The zero-order valence-corrected chi connectivity index (χ0v) is 37.9. The zero-order valence-electron chi connectivity index (χ0n) is 37.1. The molecule has 2 heterocycles. The minimum atomic E-state index is 0.676. The van der Waals surface area contributed by atoms with Gasteiger partial charge in [-0.3, -0.25) is 0 Å². The van der Waals surface area contributed by atoms with E-state index >= 15 is 0 Å². The first-order valence-corrected chi connectivity index (χ1v) is 22.8. The Morgan fingerprint density at radius 2 is 1.58 bits per heavy atom. The molecule has 3 aliphatic rings. The molecule has 2 aliphatic carbocycles. The van der Waals surface area contributed by atoms with E-state index < -0.39 is 0 Å². The van der Waals surface area contributed by atoms with Crippen LogP contribution < -0.4 is 9.80 Å². The molecule has 6 aromatic rings. The Balaban J connectivity index is 0.00000284. The average Bonchev–Trinajstić information content (AvgIpc) is 3.54. The molecule has 9 rings (SSSR count). The maximum absolute atomic E-state index is 5.07. The average molecular weight is 861 g/mol. The van der Waals surface area contributed by atoms with Crippen molar-refractivity contribution in [2.45, 2.75) is 42.4 Å². The second-order valence-corrected chi connectivity index (χ2v) is 16.8. The van der Waals surface area contributed by atoms with Crippen LogP contribution >= 0.6 is 11.8 Å². The van der Waals surface area contributed by atoms with Crippen LogP contribution in [0.3, 0.4) is 0 Å². The Kier molecular flexibility index (Phi) is 14.0. The number of nitrogens with zero attached hydrogens (tertiary/aromatic N) is 4. The van der Waals surface area contributed by atoms with E-state index in [1.54, 1.807) is 6.08 Å². The van der Waals surface area contributed by atoms with E-state index in [1.165, 1.54) is 54.7 Å². The second-order valence-electron chi connectivity index (χ2n) is 15.7. The van der Waals surface area contributed by atoms with Gasteiger partial charge in [0.05, 0.1) is 22.6 Å². The summed E-state index contributed by atoms with van der Waals surface area (Å²) in [5.74, 6) is 0.676. The van der Waals surface area contributed by atoms with Crippen molar-refractivity contribution in [3.05, 3.63) is 241 Å². The fraction of sp³-hybridized carbons (Fsp3) is 0.100. The second kappa shape index (κ2) is 20.7. The number of benzene rings is 5. The van der Waals surface area contributed by atoms with E-state index in [9.17, 15) is 0 Å². The van der Waals surface area contributed by atoms with Gasteiger partial charge in [-0.1, -0.05) is 152 Å². The molecule has 0 radical (unpaired) electrons. The number of allylic oxidation sites excluding steroid dienone is 17. The van der Waals surface area contributed by atoms with Crippen molar-refractivity contribution in [2.75, 3.05) is 16.8 Å². The zero-order chi connectivity index (χ0) is 45.1. The van der Waals surface area contributed by atoms with E-state index in [0.29, 0.717) is 5.82 Å². The van der Waals surface area contributed by atoms with Gasteiger partial charge < -0.3 is 9.80 Å². The Bertz CT molecular complexity index is 3020. The largest absolute Gasteiger partial charge is 0.344 e. The third-order valence-electron chi connectivity index (χ3n) is 11.8. The summed E-state index contributed by atoms with van der Waals surface area (Å²) >= 11 is 1.84. The first-order valence-electron chi connectivity index (χ1n) is 22.0. The highest BCUT2D eigenvalue weighted by atomic mass is 32.2. The van der Waals surface area contributed by atoms with Crippen LogP contribution in [0.15, 0.2) is 240 Å². The Hall–Kier alpha value is -7.65. The number of aromatic nitrogens is 2. The van der Waals surface area contributed by atoms with Crippen molar-refractivity contribution >= 4 is 56.6 Å². The molecule has 1 aliphatic heterocycles. The number of para-hydroxylation sites is 3. The SMILES string of the molecule is C#C.C=C/C=C(\C=C)c1nc(-c2ccc(N(C)C3=CC=C4/C=C\C=C/CC(=C3CCC=C(/C=C\C)c3ccc5c(c3)N(c3ccccc3)c3ccccc3S5)C4)cc2)nc2ccccc12. The molecular weight excluding hydrogens is 809 g/mol. The van der Waals surface area contributed by atoms with Crippen LogP contribution in [0.5, 0.6) is 0 Å². The van der Waals surface area contributed by atoms with Gasteiger partial charge in [-0.15, -0.1) is 12.8 Å². The molecule has 318 valence electrons. The quantitative estimate of drug-likeness (QED) is 0.0903. The molecule has 1 aromatic heterocycles. The molecule has 5 aromatic carbocycles. The summed E-state index contributed by atoms with van der Waals surface area (Å²) in [5.41, 5.74) is 16.1. The Morgan fingerprint density at radius 1 is 0.815 bits per heavy atom.